The Morgan fingerprint density at radius 1 is 1.12 bits per heavy atom. The first-order valence-corrected chi connectivity index (χ1v) is 12.5. The molecule has 2 aliphatic rings. The van der Waals surface area contributed by atoms with Crippen molar-refractivity contribution in [1.29, 1.82) is 0 Å². The van der Waals surface area contributed by atoms with Crippen LogP contribution < -0.4 is 9.62 Å². The van der Waals surface area contributed by atoms with Crippen molar-refractivity contribution >= 4 is 49.7 Å². The zero-order valence-electron chi connectivity index (χ0n) is 17.9. The predicted molar refractivity (Wildman–Crippen MR) is 128 cm³/mol. The number of rotatable bonds is 5. The summed E-state index contributed by atoms with van der Waals surface area (Å²) in [5.74, 6) is -1.13. The van der Waals surface area contributed by atoms with Crippen molar-refractivity contribution in [3.05, 3.63) is 71.3 Å². The number of nitrogens with one attached hydrogen (secondary N) is 1. The topological polar surface area (TPSA) is 84.3 Å². The van der Waals surface area contributed by atoms with Gasteiger partial charge in [-0.05, 0) is 60.9 Å². The van der Waals surface area contributed by atoms with Gasteiger partial charge in [0.05, 0.1) is 29.2 Å². The molecule has 10 heteroatoms. The number of hydrogen-bond donors (Lipinski definition) is 1. The minimum absolute atomic E-state index is 0.0970. The van der Waals surface area contributed by atoms with Gasteiger partial charge in [0.15, 0.2) is 0 Å². The maximum Gasteiger partial charge on any atom is 0.264 e. The number of benzene rings is 3. The van der Waals surface area contributed by atoms with Crippen molar-refractivity contribution < 1.29 is 17.6 Å². The Hall–Kier alpha value is -3.43. The predicted octanol–water partition coefficient (Wildman–Crippen LogP) is 5.22. The molecule has 1 aliphatic heterocycles. The Labute approximate surface area is 199 Å². The largest absolute Gasteiger partial charge is 0.311 e. The van der Waals surface area contributed by atoms with Crippen LogP contribution in [0.25, 0.3) is 21.9 Å². The number of nitrogens with zero attached hydrogens (tertiary/aromatic N) is 3. The summed E-state index contributed by atoms with van der Waals surface area (Å²) in [4.78, 5) is 14.0. The third-order valence-electron chi connectivity index (χ3n) is 6.27. The zero-order chi connectivity index (χ0) is 23.8. The first-order valence-electron chi connectivity index (χ1n) is 10.6. The van der Waals surface area contributed by atoms with Crippen LogP contribution in [-0.2, 0) is 10.0 Å². The summed E-state index contributed by atoms with van der Waals surface area (Å²) in [6.07, 6.45) is 5.85. The van der Waals surface area contributed by atoms with Gasteiger partial charge in [-0.3, -0.25) is 14.2 Å². The lowest BCUT2D eigenvalue weighted by Gasteiger charge is -2.14. The average molecular weight is 497 g/mol. The fourth-order valence-corrected chi connectivity index (χ4v) is 5.68. The highest BCUT2D eigenvalue weighted by molar-refractivity contribution is 7.92. The van der Waals surface area contributed by atoms with Crippen molar-refractivity contribution in [2.75, 3.05) is 16.7 Å². The second kappa shape index (κ2) is 7.28. The summed E-state index contributed by atoms with van der Waals surface area (Å²) in [5.41, 5.74) is 2.97. The standard InChI is InChI=1S/C24H18ClFN4O3S/c1-29-21-6-5-20(28-34(32,33)22-7-2-15(25)10-19(22)26)17-8-13(9-18(23(17)21)24(29)31)14-11-27-30(12-14)16-3-4-16/h2,5-12,16,28H,3-4H2,1H3. The highest BCUT2D eigenvalue weighted by atomic mass is 35.5. The molecule has 7 nitrogen and oxygen atoms in total. The highest BCUT2D eigenvalue weighted by Gasteiger charge is 2.31. The van der Waals surface area contributed by atoms with Gasteiger partial charge >= 0.3 is 0 Å². The monoisotopic (exact) mass is 496 g/mol. The number of hydrogen-bond acceptors (Lipinski definition) is 4. The first-order chi connectivity index (χ1) is 16.2. The van der Waals surface area contributed by atoms with Gasteiger partial charge in [0, 0.05) is 34.6 Å². The Morgan fingerprint density at radius 2 is 1.91 bits per heavy atom. The molecule has 1 saturated carbocycles. The second-order valence-electron chi connectivity index (χ2n) is 8.56. The van der Waals surface area contributed by atoms with Crippen LogP contribution in [0, 0.1) is 5.82 Å². The summed E-state index contributed by atoms with van der Waals surface area (Å²) in [6.45, 7) is 0. The van der Waals surface area contributed by atoms with E-state index >= 15 is 0 Å². The minimum Gasteiger partial charge on any atom is -0.311 e. The summed E-state index contributed by atoms with van der Waals surface area (Å²) in [5, 5.41) is 5.71. The maximum atomic E-state index is 14.4. The number of carbonyl (C=O) groups is 1. The molecular formula is C24H18ClFN4O3S. The van der Waals surface area contributed by atoms with E-state index in [4.69, 9.17) is 11.6 Å². The van der Waals surface area contributed by atoms with E-state index in [0.717, 1.165) is 36.1 Å². The van der Waals surface area contributed by atoms with E-state index in [1.54, 1.807) is 25.4 Å². The SMILES string of the molecule is CN1C(=O)c2cc(-c3cnn(C4CC4)c3)cc3c(NS(=O)(=O)c4ccc(Cl)cc4F)ccc1c23. The van der Waals surface area contributed by atoms with Crippen molar-refractivity contribution in [3.8, 4) is 11.1 Å². The van der Waals surface area contributed by atoms with Gasteiger partial charge in [-0.2, -0.15) is 5.10 Å². The smallest absolute Gasteiger partial charge is 0.264 e. The van der Waals surface area contributed by atoms with E-state index in [1.165, 1.54) is 11.0 Å². The molecule has 0 saturated heterocycles. The Balaban J connectivity index is 1.51. The molecule has 0 atom stereocenters. The van der Waals surface area contributed by atoms with Gasteiger partial charge in [-0.15, -0.1) is 0 Å². The molecule has 1 amide bonds. The summed E-state index contributed by atoms with van der Waals surface area (Å²) in [7, 11) is -2.58. The van der Waals surface area contributed by atoms with E-state index in [0.29, 0.717) is 28.1 Å². The zero-order valence-corrected chi connectivity index (χ0v) is 19.5. The number of sulfonamides is 1. The summed E-state index contributed by atoms with van der Waals surface area (Å²) < 4.78 is 44.9. The lowest BCUT2D eigenvalue weighted by Crippen LogP contribution is -2.20. The van der Waals surface area contributed by atoms with Gasteiger partial charge in [-0.25, -0.2) is 12.8 Å². The minimum atomic E-state index is -4.26. The van der Waals surface area contributed by atoms with Crippen LogP contribution in [0.4, 0.5) is 15.8 Å². The maximum absolute atomic E-state index is 14.4. The molecule has 34 heavy (non-hydrogen) atoms. The summed E-state index contributed by atoms with van der Waals surface area (Å²) in [6, 6.07) is 10.7. The van der Waals surface area contributed by atoms with Crippen molar-refractivity contribution in [1.82, 2.24) is 9.78 Å². The second-order valence-corrected chi connectivity index (χ2v) is 10.7. The van der Waals surface area contributed by atoms with Gasteiger partial charge in [0.25, 0.3) is 15.9 Å². The fraction of sp³-hybridized carbons (Fsp3) is 0.167. The van der Waals surface area contributed by atoms with Crippen molar-refractivity contribution in [2.24, 2.45) is 0 Å². The Kier molecular flexibility index (Phi) is 4.53. The molecule has 3 aromatic carbocycles. The van der Waals surface area contributed by atoms with Crippen LogP contribution in [0.3, 0.4) is 0 Å². The molecule has 0 bridgehead atoms. The molecule has 1 aromatic heterocycles. The Bertz CT molecular complexity index is 1630. The van der Waals surface area contributed by atoms with E-state index in [1.807, 2.05) is 23.0 Å². The van der Waals surface area contributed by atoms with E-state index in [-0.39, 0.29) is 16.6 Å². The number of carbonyl (C=O) groups excluding carboxylic acids is 1. The first kappa shape index (κ1) is 21.1. The van der Waals surface area contributed by atoms with Crippen LogP contribution in [0.1, 0.15) is 29.2 Å². The van der Waals surface area contributed by atoms with E-state index in [9.17, 15) is 17.6 Å². The van der Waals surface area contributed by atoms with E-state index < -0.39 is 20.7 Å². The molecule has 0 radical (unpaired) electrons. The van der Waals surface area contributed by atoms with Gasteiger partial charge in [0.2, 0.25) is 0 Å². The van der Waals surface area contributed by atoms with Gasteiger partial charge < -0.3 is 4.90 Å². The molecule has 172 valence electrons. The number of halogens is 2. The third kappa shape index (κ3) is 3.26. The molecule has 6 rings (SSSR count). The number of aromatic nitrogens is 2. The van der Waals surface area contributed by atoms with Gasteiger partial charge in [-0.1, -0.05) is 11.6 Å². The molecule has 1 aliphatic carbocycles. The number of anilines is 2. The molecule has 0 unspecified atom stereocenters. The normalized spacial score (nSPS) is 15.4. The molecule has 1 N–H and O–H groups in total. The fourth-order valence-electron chi connectivity index (χ4n) is 4.38. The molecule has 4 aromatic rings. The van der Waals surface area contributed by atoms with Gasteiger partial charge in [0.1, 0.15) is 10.7 Å². The number of amides is 1. The van der Waals surface area contributed by atoms with Crippen molar-refractivity contribution in [2.45, 2.75) is 23.8 Å². The highest BCUT2D eigenvalue weighted by Crippen LogP contribution is 2.43. The molecule has 0 spiro atoms. The van der Waals surface area contributed by atoms with Crippen LogP contribution >= 0.6 is 11.6 Å². The van der Waals surface area contributed by atoms with Crippen LogP contribution in [0.2, 0.25) is 5.02 Å². The Morgan fingerprint density at radius 3 is 2.65 bits per heavy atom. The van der Waals surface area contributed by atoms with Crippen LogP contribution in [0.15, 0.2) is 59.8 Å². The average Bonchev–Trinajstić information content (AvgIpc) is 3.47. The third-order valence-corrected chi connectivity index (χ3v) is 7.91. The molecule has 1 fully saturated rings. The van der Waals surface area contributed by atoms with E-state index in [2.05, 4.69) is 9.82 Å². The quantitative estimate of drug-likeness (QED) is 0.410. The van der Waals surface area contributed by atoms with Crippen LogP contribution in [-0.4, -0.2) is 31.2 Å². The molecular weight excluding hydrogens is 479 g/mol. The molecule has 2 heterocycles. The lowest BCUT2D eigenvalue weighted by atomic mass is 9.98. The van der Waals surface area contributed by atoms with Crippen molar-refractivity contribution in [3.63, 3.8) is 0 Å². The lowest BCUT2D eigenvalue weighted by molar-refractivity contribution is 0.0999. The van der Waals surface area contributed by atoms with Crippen LogP contribution in [0.5, 0.6) is 0 Å². The summed E-state index contributed by atoms with van der Waals surface area (Å²) >= 11 is 5.78.